The van der Waals surface area contributed by atoms with E-state index in [1.807, 2.05) is 0 Å². The van der Waals surface area contributed by atoms with E-state index < -0.39 is 20.6 Å². The van der Waals surface area contributed by atoms with Crippen LogP contribution in [-0.4, -0.2) is 31.3 Å². The lowest BCUT2D eigenvalue weighted by Gasteiger charge is -2.18. The quantitative estimate of drug-likeness (QED) is 0.295. The summed E-state index contributed by atoms with van der Waals surface area (Å²) < 4.78 is 21.4. The van der Waals surface area contributed by atoms with Gasteiger partial charge in [0.1, 0.15) is 6.29 Å². The van der Waals surface area contributed by atoms with Gasteiger partial charge in [-0.25, -0.2) is 0 Å². The summed E-state index contributed by atoms with van der Waals surface area (Å²) >= 11 is 0. The van der Waals surface area contributed by atoms with Crippen LogP contribution >= 0.6 is 15.2 Å². The molecule has 84 valence electrons. The van der Waals surface area contributed by atoms with E-state index >= 15 is 0 Å². The van der Waals surface area contributed by atoms with Gasteiger partial charge >= 0.3 is 15.2 Å². The first-order valence-electron chi connectivity index (χ1n) is 3.73. The molecule has 0 spiro atoms. The highest BCUT2D eigenvalue weighted by molar-refractivity contribution is 7.70. The zero-order valence-electron chi connectivity index (χ0n) is 7.18. The van der Waals surface area contributed by atoms with Gasteiger partial charge in [-0.15, -0.1) is 0 Å². The van der Waals surface area contributed by atoms with Crippen molar-refractivity contribution in [3.05, 3.63) is 0 Å². The van der Waals surface area contributed by atoms with E-state index in [4.69, 9.17) is 19.6 Å². The van der Waals surface area contributed by atoms with Crippen LogP contribution in [0.3, 0.4) is 0 Å². The van der Waals surface area contributed by atoms with Gasteiger partial charge in [0.15, 0.2) is 5.40 Å². The smallest absolute Gasteiger partial charge is 0.324 e. The summed E-state index contributed by atoms with van der Waals surface area (Å²) in [4.78, 5) is 44.5. The summed E-state index contributed by atoms with van der Waals surface area (Å²) in [5.74, 6) is 0. The fourth-order valence-corrected chi connectivity index (χ4v) is 3.52. The minimum atomic E-state index is -4.82. The van der Waals surface area contributed by atoms with Crippen LogP contribution in [0.4, 0.5) is 0 Å². The molecule has 0 saturated carbocycles. The predicted octanol–water partition coefficient (Wildman–Crippen LogP) is 0.0371. The van der Waals surface area contributed by atoms with Crippen LogP contribution in [-0.2, 0) is 13.9 Å². The first-order chi connectivity index (χ1) is 6.19. The molecule has 0 atom stereocenters. The van der Waals surface area contributed by atoms with Gasteiger partial charge < -0.3 is 24.4 Å². The summed E-state index contributed by atoms with van der Waals surface area (Å²) in [7, 11) is -9.63. The van der Waals surface area contributed by atoms with Gasteiger partial charge in [-0.1, -0.05) is 0 Å². The Morgan fingerprint density at radius 3 is 1.79 bits per heavy atom. The zero-order chi connectivity index (χ0) is 11.4. The molecule has 4 N–H and O–H groups in total. The Hall–Kier alpha value is -0.0300. The van der Waals surface area contributed by atoms with E-state index in [0.29, 0.717) is 6.29 Å². The summed E-state index contributed by atoms with van der Waals surface area (Å²) in [6.45, 7) is 0. The van der Waals surface area contributed by atoms with E-state index in [-0.39, 0.29) is 19.3 Å². The van der Waals surface area contributed by atoms with Crippen molar-refractivity contribution in [2.45, 2.75) is 24.7 Å². The molecule has 0 aromatic rings. The summed E-state index contributed by atoms with van der Waals surface area (Å²) in [6, 6.07) is 0. The number of hydrogen-bond donors (Lipinski definition) is 4. The Bertz CT molecular complexity index is 254. The van der Waals surface area contributed by atoms with Gasteiger partial charge in [0.25, 0.3) is 0 Å². The fraction of sp³-hybridized carbons (Fsp3) is 0.800. The second-order valence-electron chi connectivity index (χ2n) is 2.76. The number of aldehydes is 1. The van der Waals surface area contributed by atoms with Crippen LogP contribution in [0.5, 0.6) is 0 Å². The molecule has 0 aliphatic heterocycles. The van der Waals surface area contributed by atoms with Crippen LogP contribution in [0, 0.1) is 0 Å². The maximum Gasteiger partial charge on any atom is 0.340 e. The van der Waals surface area contributed by atoms with Gasteiger partial charge in [0, 0.05) is 6.42 Å². The first kappa shape index (κ1) is 14.0. The lowest BCUT2D eigenvalue weighted by atomic mass is 10.3. The molecule has 0 rings (SSSR count). The third-order valence-electron chi connectivity index (χ3n) is 1.56. The van der Waals surface area contributed by atoms with Crippen molar-refractivity contribution in [3.8, 4) is 0 Å². The van der Waals surface area contributed by atoms with Crippen molar-refractivity contribution in [2.24, 2.45) is 0 Å². The second-order valence-corrected chi connectivity index (χ2v) is 6.77. The Kier molecular flexibility index (Phi) is 5.15. The van der Waals surface area contributed by atoms with Crippen LogP contribution in [0.1, 0.15) is 19.3 Å². The molecule has 0 aliphatic rings. The second kappa shape index (κ2) is 5.16. The molecule has 9 heteroatoms. The highest BCUT2D eigenvalue weighted by Crippen LogP contribution is 2.61. The van der Waals surface area contributed by atoms with Crippen LogP contribution in [0.2, 0.25) is 0 Å². The Morgan fingerprint density at radius 2 is 1.50 bits per heavy atom. The molecule has 0 heterocycles. The van der Waals surface area contributed by atoms with E-state index in [1.54, 1.807) is 0 Å². The number of hydrogen-bond acceptors (Lipinski definition) is 3. The van der Waals surface area contributed by atoms with E-state index in [1.165, 1.54) is 0 Å². The molecule has 0 aromatic carbocycles. The van der Waals surface area contributed by atoms with Crippen molar-refractivity contribution in [3.63, 3.8) is 0 Å². The van der Waals surface area contributed by atoms with Gasteiger partial charge in [0.2, 0.25) is 0 Å². The van der Waals surface area contributed by atoms with E-state index in [0.717, 1.165) is 0 Å². The van der Waals surface area contributed by atoms with Gasteiger partial charge in [-0.05, 0) is 12.8 Å². The highest BCUT2D eigenvalue weighted by atomic mass is 31.2. The summed E-state index contributed by atoms with van der Waals surface area (Å²) in [5, 5.41) is -1.99. The van der Waals surface area contributed by atoms with Gasteiger partial charge in [0.05, 0.1) is 0 Å². The largest absolute Gasteiger partial charge is 0.340 e. The third-order valence-corrected chi connectivity index (χ3v) is 5.44. The maximum atomic E-state index is 10.7. The van der Waals surface area contributed by atoms with Crippen molar-refractivity contribution in [2.75, 3.05) is 0 Å². The molecule has 7 nitrogen and oxygen atoms in total. The molecule has 0 aliphatic carbocycles. The molecule has 0 bridgehead atoms. The molecule has 0 fully saturated rings. The Labute approximate surface area is 80.5 Å². The van der Waals surface area contributed by atoms with Crippen LogP contribution in [0.25, 0.3) is 0 Å². The van der Waals surface area contributed by atoms with Crippen molar-refractivity contribution in [1.82, 2.24) is 0 Å². The van der Waals surface area contributed by atoms with Crippen LogP contribution in [0.15, 0.2) is 0 Å². The average Bonchev–Trinajstić information content (AvgIpc) is 1.92. The minimum absolute atomic E-state index is 0.0243. The number of rotatable bonds is 6. The predicted molar refractivity (Wildman–Crippen MR) is 47.8 cm³/mol. The standard InChI is InChI=1S/C5H12O7P2/c6-4-2-1-3-5(13(7,8)9)14(10,11)12/h4-5H,1-3H2,(H2,7,8,9)(H2,10,11,12). The number of carbonyl (C=O) groups excluding carboxylic acids is 1. The first-order valence-corrected chi connectivity index (χ1v) is 7.10. The van der Waals surface area contributed by atoms with E-state index in [9.17, 15) is 13.9 Å². The Balaban J connectivity index is 4.52. The number of carbonyl (C=O) groups is 1. The third kappa shape index (κ3) is 5.00. The molecule has 0 radical (unpaired) electrons. The molecule has 14 heavy (non-hydrogen) atoms. The lowest BCUT2D eigenvalue weighted by molar-refractivity contribution is -0.107. The molecular weight excluding hydrogens is 234 g/mol. The van der Waals surface area contributed by atoms with Crippen molar-refractivity contribution in [1.29, 1.82) is 0 Å². The summed E-state index contributed by atoms with van der Waals surface area (Å²) in [6.07, 6.45) is 0.227. The Morgan fingerprint density at radius 1 is 1.07 bits per heavy atom. The van der Waals surface area contributed by atoms with Crippen molar-refractivity contribution >= 4 is 21.5 Å². The summed E-state index contributed by atoms with van der Waals surface area (Å²) in [5.41, 5.74) is 0. The van der Waals surface area contributed by atoms with Crippen LogP contribution < -0.4 is 0 Å². The molecule has 0 aromatic heterocycles. The zero-order valence-corrected chi connectivity index (χ0v) is 8.97. The normalized spacial score (nSPS) is 13.2. The van der Waals surface area contributed by atoms with Gasteiger partial charge in [-0.3, -0.25) is 9.13 Å². The molecule has 0 unspecified atom stereocenters. The number of unbranched alkanes of at least 4 members (excludes halogenated alkanes) is 1. The monoisotopic (exact) mass is 246 g/mol. The fourth-order valence-electron chi connectivity index (χ4n) is 0.916. The van der Waals surface area contributed by atoms with E-state index in [2.05, 4.69) is 0 Å². The molecule has 0 amide bonds. The highest BCUT2D eigenvalue weighted by Gasteiger charge is 2.42. The molecular formula is C5H12O7P2. The SMILES string of the molecule is O=CCCCC(P(=O)(O)O)P(=O)(O)O. The minimum Gasteiger partial charge on any atom is -0.324 e. The van der Waals surface area contributed by atoms with Gasteiger partial charge in [-0.2, -0.15) is 0 Å². The van der Waals surface area contributed by atoms with Crippen molar-refractivity contribution < 1.29 is 33.5 Å². The molecule has 0 saturated heterocycles. The topological polar surface area (TPSA) is 132 Å². The average molecular weight is 246 g/mol. The lowest BCUT2D eigenvalue weighted by Crippen LogP contribution is -2.09. The maximum absolute atomic E-state index is 10.7.